The summed E-state index contributed by atoms with van der Waals surface area (Å²) in [4.78, 5) is 37.3. The lowest BCUT2D eigenvalue weighted by molar-refractivity contribution is -0.163. The number of hydrogen-bond acceptors (Lipinski definition) is 4. The van der Waals surface area contributed by atoms with Crippen LogP contribution in [0.2, 0.25) is 0 Å². The number of likely N-dealkylation sites (tertiary alicyclic amines) is 1. The summed E-state index contributed by atoms with van der Waals surface area (Å²) in [5.74, 6) is -0.846. The summed E-state index contributed by atoms with van der Waals surface area (Å²) >= 11 is 0. The number of esters is 1. The van der Waals surface area contributed by atoms with Crippen LogP contribution in [0, 0.1) is 0 Å². The first-order valence-electron chi connectivity index (χ1n) is 7.33. The number of nitrogens with one attached hydrogen (secondary N) is 1. The van der Waals surface area contributed by atoms with Crippen molar-refractivity contribution in [3.8, 4) is 0 Å². The van der Waals surface area contributed by atoms with E-state index in [4.69, 9.17) is 4.74 Å². The van der Waals surface area contributed by atoms with Crippen molar-refractivity contribution in [1.29, 1.82) is 0 Å². The lowest BCUT2D eigenvalue weighted by Gasteiger charge is -2.31. The number of nitrogens with zero attached hydrogens (tertiary/aromatic N) is 1. The normalized spacial score (nSPS) is 16.6. The van der Waals surface area contributed by atoms with E-state index in [9.17, 15) is 14.4 Å². The van der Waals surface area contributed by atoms with Crippen LogP contribution in [0.1, 0.15) is 53.9 Å². The molecule has 0 spiro atoms. The maximum atomic E-state index is 12.1. The zero-order valence-electron chi connectivity index (χ0n) is 13.6. The Hall–Kier alpha value is -1.59. The molecular formula is C15H26N2O4. The van der Waals surface area contributed by atoms with E-state index < -0.39 is 17.1 Å². The summed E-state index contributed by atoms with van der Waals surface area (Å²) in [6.07, 6.45) is 2.28. The molecule has 120 valence electrons. The highest BCUT2D eigenvalue weighted by atomic mass is 16.6. The minimum atomic E-state index is -1.12. The van der Waals surface area contributed by atoms with Crippen molar-refractivity contribution in [3.05, 3.63) is 0 Å². The Morgan fingerprint density at radius 3 is 2.33 bits per heavy atom. The van der Waals surface area contributed by atoms with Crippen molar-refractivity contribution in [2.24, 2.45) is 0 Å². The minimum absolute atomic E-state index is 0.00789. The molecule has 21 heavy (non-hydrogen) atoms. The van der Waals surface area contributed by atoms with Crippen LogP contribution in [0.3, 0.4) is 0 Å². The third-order valence-electron chi connectivity index (χ3n) is 3.12. The van der Waals surface area contributed by atoms with E-state index in [0.717, 1.165) is 12.8 Å². The molecule has 0 atom stereocenters. The van der Waals surface area contributed by atoms with Crippen LogP contribution in [0.25, 0.3) is 0 Å². The molecule has 0 aliphatic carbocycles. The second kappa shape index (κ2) is 6.45. The third kappa shape index (κ3) is 5.73. The van der Waals surface area contributed by atoms with Gasteiger partial charge in [0.1, 0.15) is 11.1 Å². The van der Waals surface area contributed by atoms with Crippen LogP contribution in [0.15, 0.2) is 0 Å². The number of carbonyl (C=O) groups excluding carboxylic acids is 3. The van der Waals surface area contributed by atoms with Crippen LogP contribution in [-0.4, -0.2) is 46.9 Å². The summed E-state index contributed by atoms with van der Waals surface area (Å²) in [5.41, 5.74) is -1.73. The highest BCUT2D eigenvalue weighted by molar-refractivity contribution is 5.90. The highest BCUT2D eigenvalue weighted by Crippen LogP contribution is 2.14. The number of hydrogen-bond donors (Lipinski definition) is 1. The molecule has 1 heterocycles. The van der Waals surface area contributed by atoms with Crippen molar-refractivity contribution in [1.82, 2.24) is 10.2 Å². The van der Waals surface area contributed by atoms with Crippen molar-refractivity contribution < 1.29 is 19.1 Å². The van der Waals surface area contributed by atoms with Gasteiger partial charge in [-0.05, 0) is 47.5 Å². The fraction of sp³-hybridized carbons (Fsp3) is 0.800. The Balaban J connectivity index is 2.55. The molecule has 6 nitrogen and oxygen atoms in total. The van der Waals surface area contributed by atoms with Gasteiger partial charge in [-0.25, -0.2) is 4.79 Å². The van der Waals surface area contributed by atoms with E-state index in [1.807, 2.05) is 0 Å². The molecule has 1 aliphatic heterocycles. The first kappa shape index (κ1) is 17.5. The predicted octanol–water partition coefficient (Wildman–Crippen LogP) is 1.24. The average molecular weight is 298 g/mol. The van der Waals surface area contributed by atoms with E-state index in [-0.39, 0.29) is 18.4 Å². The van der Waals surface area contributed by atoms with E-state index in [0.29, 0.717) is 13.0 Å². The number of rotatable bonds is 4. The SMILES string of the molecule is CC(C)(C)OC(=O)C(C)(C)NC(=O)CN1CCCCC1=O. The van der Waals surface area contributed by atoms with E-state index >= 15 is 0 Å². The van der Waals surface area contributed by atoms with Gasteiger partial charge in [-0.15, -0.1) is 0 Å². The predicted molar refractivity (Wildman–Crippen MR) is 78.5 cm³/mol. The highest BCUT2D eigenvalue weighted by Gasteiger charge is 2.34. The molecule has 1 saturated heterocycles. The van der Waals surface area contributed by atoms with Gasteiger partial charge in [-0.1, -0.05) is 0 Å². The van der Waals surface area contributed by atoms with E-state index in [1.165, 1.54) is 4.90 Å². The summed E-state index contributed by atoms with van der Waals surface area (Å²) in [5, 5.41) is 2.64. The maximum Gasteiger partial charge on any atom is 0.331 e. The summed E-state index contributed by atoms with van der Waals surface area (Å²) in [6, 6.07) is 0. The van der Waals surface area contributed by atoms with Crippen molar-refractivity contribution in [3.63, 3.8) is 0 Å². The van der Waals surface area contributed by atoms with Crippen molar-refractivity contribution >= 4 is 17.8 Å². The van der Waals surface area contributed by atoms with Gasteiger partial charge in [0, 0.05) is 13.0 Å². The molecule has 0 aromatic heterocycles. The summed E-state index contributed by atoms with van der Waals surface area (Å²) in [6.45, 7) is 9.10. The molecule has 0 radical (unpaired) electrons. The zero-order valence-corrected chi connectivity index (χ0v) is 13.6. The number of carbonyl (C=O) groups is 3. The quantitative estimate of drug-likeness (QED) is 0.792. The van der Waals surface area contributed by atoms with Crippen LogP contribution in [-0.2, 0) is 19.1 Å². The zero-order chi connectivity index (χ0) is 16.3. The van der Waals surface area contributed by atoms with Gasteiger partial charge in [0.15, 0.2) is 0 Å². The Kier molecular flexibility index (Phi) is 5.36. The monoisotopic (exact) mass is 298 g/mol. The molecule has 1 rings (SSSR count). The number of amides is 2. The number of piperidine rings is 1. The van der Waals surface area contributed by atoms with Crippen LogP contribution < -0.4 is 5.32 Å². The molecule has 0 unspecified atom stereocenters. The van der Waals surface area contributed by atoms with E-state index in [1.54, 1.807) is 34.6 Å². The molecule has 0 aromatic carbocycles. The lowest BCUT2D eigenvalue weighted by Crippen LogP contribution is -2.55. The Morgan fingerprint density at radius 1 is 1.19 bits per heavy atom. The van der Waals surface area contributed by atoms with Crippen molar-refractivity contribution in [2.45, 2.75) is 65.0 Å². The molecule has 0 saturated carbocycles. The molecule has 2 amide bonds. The molecule has 6 heteroatoms. The van der Waals surface area contributed by atoms with Crippen LogP contribution in [0.4, 0.5) is 0 Å². The second-order valence-electron chi connectivity index (χ2n) is 6.95. The lowest BCUT2D eigenvalue weighted by atomic mass is 10.0. The maximum absolute atomic E-state index is 12.1. The van der Waals surface area contributed by atoms with Gasteiger partial charge in [0.05, 0.1) is 6.54 Å². The molecule has 1 fully saturated rings. The van der Waals surface area contributed by atoms with Gasteiger partial charge in [-0.2, -0.15) is 0 Å². The molecule has 0 bridgehead atoms. The summed E-state index contributed by atoms with van der Waals surface area (Å²) < 4.78 is 5.28. The average Bonchev–Trinajstić information content (AvgIpc) is 2.29. The third-order valence-corrected chi connectivity index (χ3v) is 3.12. The van der Waals surface area contributed by atoms with Crippen LogP contribution >= 0.6 is 0 Å². The molecule has 1 aliphatic rings. The molecular weight excluding hydrogens is 272 g/mol. The fourth-order valence-corrected chi connectivity index (χ4v) is 2.05. The Labute approximate surface area is 126 Å². The standard InChI is InChI=1S/C15H26N2O4/c1-14(2,3)21-13(20)15(4,5)16-11(18)10-17-9-7-6-8-12(17)19/h6-10H2,1-5H3,(H,16,18). The van der Waals surface area contributed by atoms with Crippen LogP contribution in [0.5, 0.6) is 0 Å². The largest absolute Gasteiger partial charge is 0.458 e. The van der Waals surface area contributed by atoms with Gasteiger partial charge >= 0.3 is 5.97 Å². The topological polar surface area (TPSA) is 75.7 Å². The number of ether oxygens (including phenoxy) is 1. The first-order chi connectivity index (χ1) is 9.51. The second-order valence-corrected chi connectivity index (χ2v) is 6.95. The summed E-state index contributed by atoms with van der Waals surface area (Å²) in [7, 11) is 0. The van der Waals surface area contributed by atoms with Gasteiger partial charge < -0.3 is 15.0 Å². The van der Waals surface area contributed by atoms with Gasteiger partial charge in [-0.3, -0.25) is 9.59 Å². The Bertz CT molecular complexity index is 424. The van der Waals surface area contributed by atoms with Gasteiger partial charge in [0.2, 0.25) is 11.8 Å². The smallest absolute Gasteiger partial charge is 0.331 e. The molecule has 0 aromatic rings. The Morgan fingerprint density at radius 2 is 1.81 bits per heavy atom. The molecule has 1 N–H and O–H groups in total. The fourth-order valence-electron chi connectivity index (χ4n) is 2.05. The van der Waals surface area contributed by atoms with Gasteiger partial charge in [0.25, 0.3) is 0 Å². The van der Waals surface area contributed by atoms with Crippen molar-refractivity contribution in [2.75, 3.05) is 13.1 Å². The minimum Gasteiger partial charge on any atom is -0.458 e. The van der Waals surface area contributed by atoms with E-state index in [2.05, 4.69) is 5.32 Å². The first-order valence-corrected chi connectivity index (χ1v) is 7.33.